The van der Waals surface area contributed by atoms with Gasteiger partial charge in [-0.15, -0.1) is 0 Å². The molecule has 0 radical (unpaired) electrons. The van der Waals surface area contributed by atoms with Crippen LogP contribution in [-0.4, -0.2) is 30.9 Å². The molecule has 1 N–H and O–H groups in total. The number of fused-ring (bicyclic) bond motifs is 4. The molecule has 2 fully saturated rings. The minimum absolute atomic E-state index is 0.00840. The number of nitrogens with zero attached hydrogens (tertiary/aromatic N) is 4. The first-order valence-corrected chi connectivity index (χ1v) is 12.6. The van der Waals surface area contributed by atoms with Crippen LogP contribution in [0.2, 0.25) is 5.02 Å². The molecule has 2 amide bonds. The molecule has 0 unspecified atom stereocenters. The van der Waals surface area contributed by atoms with E-state index in [0.29, 0.717) is 16.7 Å². The second kappa shape index (κ2) is 8.04. The molecule has 1 saturated heterocycles. The van der Waals surface area contributed by atoms with Gasteiger partial charge in [0.25, 0.3) is 0 Å². The number of aryl methyl sites for hydroxylation is 1. The molecule has 3 heterocycles. The Morgan fingerprint density at radius 1 is 1.11 bits per heavy atom. The predicted octanol–water partition coefficient (Wildman–Crippen LogP) is 3.02. The normalized spacial score (nSPS) is 26.2. The number of aromatic hydroxyl groups is 1. The van der Waals surface area contributed by atoms with Crippen LogP contribution >= 0.6 is 11.6 Å². The van der Waals surface area contributed by atoms with E-state index < -0.39 is 52.3 Å². The zero-order valence-electron chi connectivity index (χ0n) is 20.8. The summed E-state index contributed by atoms with van der Waals surface area (Å²) in [5, 5.41) is 10.9. The van der Waals surface area contributed by atoms with Gasteiger partial charge in [-0.2, -0.15) is 0 Å². The first-order valence-electron chi connectivity index (χ1n) is 12.2. The number of anilines is 1. The van der Waals surface area contributed by atoms with Crippen LogP contribution in [0, 0.1) is 24.1 Å². The number of rotatable bonds is 2. The maximum Gasteiger partial charge on any atom is 0.347 e. The number of imide groups is 1. The van der Waals surface area contributed by atoms with Crippen molar-refractivity contribution in [3.63, 3.8) is 0 Å². The average Bonchev–Trinajstić information content (AvgIpc) is 3.23. The van der Waals surface area contributed by atoms with Crippen LogP contribution in [0.4, 0.5) is 10.1 Å². The molecule has 2 aromatic carbocycles. The highest BCUT2D eigenvalue weighted by Gasteiger charge is 2.65. The molecule has 4 atom stereocenters. The number of benzene rings is 2. The molecule has 0 bridgehead atoms. The molecular formula is C27H24ClFN4O5. The third-order valence-electron chi connectivity index (χ3n) is 8.47. The molecule has 38 heavy (non-hydrogen) atoms. The lowest BCUT2D eigenvalue weighted by molar-refractivity contribution is -0.129. The summed E-state index contributed by atoms with van der Waals surface area (Å²) in [5.41, 5.74) is -0.489. The molecule has 3 aliphatic rings. The van der Waals surface area contributed by atoms with Gasteiger partial charge in [0.2, 0.25) is 11.8 Å². The van der Waals surface area contributed by atoms with E-state index in [1.165, 1.54) is 28.5 Å². The van der Waals surface area contributed by atoms with Crippen LogP contribution in [-0.2, 0) is 23.2 Å². The molecule has 1 saturated carbocycles. The molecule has 9 nitrogen and oxygen atoms in total. The minimum atomic E-state index is -1.34. The monoisotopic (exact) mass is 538 g/mol. The third-order valence-corrected chi connectivity index (χ3v) is 8.76. The Labute approximate surface area is 220 Å². The molecule has 11 heteroatoms. The quantitative estimate of drug-likeness (QED) is 0.399. The topological polar surface area (TPSA) is 107 Å². The summed E-state index contributed by atoms with van der Waals surface area (Å²) in [6.45, 7) is 3.54. The maximum atomic E-state index is 14.2. The number of hydrogen-bond acceptors (Lipinski definition) is 5. The highest BCUT2D eigenvalue weighted by atomic mass is 35.5. The number of phenolic OH excluding ortho intramolecular Hbond substituents is 1. The van der Waals surface area contributed by atoms with E-state index in [1.54, 1.807) is 32.0 Å². The van der Waals surface area contributed by atoms with Gasteiger partial charge in [0.05, 0.1) is 34.6 Å². The number of halogens is 2. The van der Waals surface area contributed by atoms with Crippen molar-refractivity contribution in [2.75, 3.05) is 4.90 Å². The lowest BCUT2D eigenvalue weighted by Gasteiger charge is -2.47. The summed E-state index contributed by atoms with van der Waals surface area (Å²) in [6.07, 6.45) is 1.90. The van der Waals surface area contributed by atoms with Crippen LogP contribution in [0.3, 0.4) is 0 Å². The van der Waals surface area contributed by atoms with E-state index in [-0.39, 0.29) is 29.4 Å². The zero-order valence-corrected chi connectivity index (χ0v) is 21.6. The smallest absolute Gasteiger partial charge is 0.347 e. The van der Waals surface area contributed by atoms with Gasteiger partial charge >= 0.3 is 11.4 Å². The fourth-order valence-electron chi connectivity index (χ4n) is 6.51. The van der Waals surface area contributed by atoms with Crippen molar-refractivity contribution in [1.82, 2.24) is 13.9 Å². The standard InChI is InChI=1S/C27H24ClFN4O5/c1-13-5-4-6-16(22(13)34)21-15-9-10-31-25(37)30(3)26(38)33(31)20(15)12-17-23(35)32(24(36)27(17,21)2)14-7-8-19(29)18(28)11-14/h4-9,11,17,20-21,34H,10,12H2,1-3H3/t17-,20+,21+,27+/m0/s1. The molecule has 1 aliphatic carbocycles. The summed E-state index contributed by atoms with van der Waals surface area (Å²) in [6, 6.07) is 8.17. The number of carbonyl (C=O) groups excluding carboxylic acids is 2. The number of phenols is 1. The van der Waals surface area contributed by atoms with E-state index in [9.17, 15) is 28.7 Å². The molecule has 1 aromatic heterocycles. The SMILES string of the molecule is Cc1cccc([C@H]2C3=CCn4c(=O)n(C)c(=O)n4[C@@H]3C[C@H]3C(=O)N(c4ccc(F)c(Cl)c4)C(=O)[C@@]23C)c1O. The van der Waals surface area contributed by atoms with Crippen molar-refractivity contribution >= 4 is 29.1 Å². The second-order valence-corrected chi connectivity index (χ2v) is 10.8. The fraction of sp³-hybridized carbons (Fsp3) is 0.333. The highest BCUT2D eigenvalue weighted by Crippen LogP contribution is 2.62. The molecular weight excluding hydrogens is 515 g/mol. The number of allylic oxidation sites excluding steroid dienone is 2. The van der Waals surface area contributed by atoms with Crippen LogP contribution in [0.15, 0.2) is 57.6 Å². The van der Waals surface area contributed by atoms with E-state index in [4.69, 9.17) is 11.6 Å². The highest BCUT2D eigenvalue weighted by molar-refractivity contribution is 6.31. The Balaban J connectivity index is 1.60. The first-order chi connectivity index (χ1) is 18.0. The number of aromatic nitrogens is 3. The van der Waals surface area contributed by atoms with E-state index in [1.807, 2.05) is 6.08 Å². The number of hydrogen-bond donors (Lipinski definition) is 1. The zero-order chi connectivity index (χ0) is 27.3. The van der Waals surface area contributed by atoms with Crippen molar-refractivity contribution in [2.24, 2.45) is 18.4 Å². The summed E-state index contributed by atoms with van der Waals surface area (Å²) in [5.74, 6) is -3.40. The first kappa shape index (κ1) is 24.4. The van der Waals surface area contributed by atoms with Crippen LogP contribution < -0.4 is 16.3 Å². The lowest BCUT2D eigenvalue weighted by atomic mass is 9.56. The van der Waals surface area contributed by atoms with Gasteiger partial charge < -0.3 is 5.11 Å². The van der Waals surface area contributed by atoms with Gasteiger partial charge in [0.15, 0.2) is 0 Å². The molecule has 2 aliphatic heterocycles. The van der Waals surface area contributed by atoms with Gasteiger partial charge in [-0.1, -0.05) is 35.9 Å². The Morgan fingerprint density at radius 2 is 1.84 bits per heavy atom. The van der Waals surface area contributed by atoms with Gasteiger partial charge in [0.1, 0.15) is 11.6 Å². The van der Waals surface area contributed by atoms with Gasteiger partial charge in [-0.25, -0.2) is 32.8 Å². The van der Waals surface area contributed by atoms with Crippen LogP contribution in [0.1, 0.15) is 36.4 Å². The van der Waals surface area contributed by atoms with Crippen molar-refractivity contribution in [2.45, 2.75) is 38.8 Å². The summed E-state index contributed by atoms with van der Waals surface area (Å²) in [4.78, 5) is 55.1. The molecule has 6 rings (SSSR count). The number of para-hydroxylation sites is 1. The largest absolute Gasteiger partial charge is 0.507 e. The van der Waals surface area contributed by atoms with Gasteiger partial charge in [-0.05, 0) is 49.6 Å². The molecule has 196 valence electrons. The van der Waals surface area contributed by atoms with Gasteiger partial charge in [-0.3, -0.25) is 9.59 Å². The average molecular weight is 539 g/mol. The Kier molecular flexibility index (Phi) is 5.17. The second-order valence-electron chi connectivity index (χ2n) is 10.4. The number of amides is 2. The van der Waals surface area contributed by atoms with Gasteiger partial charge in [0, 0.05) is 18.5 Å². The summed E-state index contributed by atoms with van der Waals surface area (Å²) in [7, 11) is 1.39. The van der Waals surface area contributed by atoms with E-state index in [0.717, 1.165) is 15.5 Å². The van der Waals surface area contributed by atoms with Crippen molar-refractivity contribution in [3.8, 4) is 5.75 Å². The van der Waals surface area contributed by atoms with Crippen LogP contribution in [0.25, 0.3) is 0 Å². The van der Waals surface area contributed by atoms with Crippen molar-refractivity contribution in [3.05, 3.63) is 91.0 Å². The predicted molar refractivity (Wildman–Crippen MR) is 137 cm³/mol. The number of carbonyl (C=O) groups is 2. The summed E-state index contributed by atoms with van der Waals surface area (Å²) < 4.78 is 17.6. The third kappa shape index (κ3) is 2.97. The summed E-state index contributed by atoms with van der Waals surface area (Å²) >= 11 is 5.99. The molecule has 0 spiro atoms. The Hall–Kier alpha value is -3.92. The minimum Gasteiger partial charge on any atom is -0.507 e. The lowest BCUT2D eigenvalue weighted by Crippen LogP contribution is -2.49. The van der Waals surface area contributed by atoms with Crippen molar-refractivity contribution in [1.29, 1.82) is 0 Å². The van der Waals surface area contributed by atoms with E-state index in [2.05, 4.69) is 0 Å². The van der Waals surface area contributed by atoms with Crippen LogP contribution in [0.5, 0.6) is 5.75 Å². The fourth-order valence-corrected chi connectivity index (χ4v) is 6.69. The van der Waals surface area contributed by atoms with Crippen molar-refractivity contribution < 1.29 is 19.1 Å². The maximum absolute atomic E-state index is 14.2. The molecule has 3 aromatic rings. The van der Waals surface area contributed by atoms with E-state index >= 15 is 0 Å². The Morgan fingerprint density at radius 3 is 2.55 bits per heavy atom. The Bertz CT molecular complexity index is 1720.